The summed E-state index contributed by atoms with van der Waals surface area (Å²) in [5, 5.41) is 0. The summed E-state index contributed by atoms with van der Waals surface area (Å²) in [6.45, 7) is 14.2. The second-order valence-electron chi connectivity index (χ2n) is 5.34. The first-order valence-electron chi connectivity index (χ1n) is 5.93. The molecule has 0 radical (unpaired) electrons. The lowest BCUT2D eigenvalue weighted by Gasteiger charge is -2.44. The van der Waals surface area contributed by atoms with Gasteiger partial charge in [-0.3, -0.25) is 0 Å². The third-order valence-corrected chi connectivity index (χ3v) is 3.95. The number of unbranched alkanes of at least 4 members (excludes halogenated alkanes) is 1. The highest BCUT2D eigenvalue weighted by atomic mass is 14.4. The van der Waals surface area contributed by atoms with Gasteiger partial charge in [-0.2, -0.15) is 0 Å². The molecule has 0 aromatic carbocycles. The normalized spacial score (nSPS) is 13.4. The maximum absolute atomic E-state index is 2.40. The molecule has 0 aromatic rings. The van der Waals surface area contributed by atoms with Crippen molar-refractivity contribution in [3.05, 3.63) is 0 Å². The molecule has 0 spiro atoms. The second kappa shape index (κ2) is 5.02. The van der Waals surface area contributed by atoms with E-state index in [2.05, 4.69) is 41.5 Å². The van der Waals surface area contributed by atoms with Crippen LogP contribution in [0.1, 0.15) is 73.6 Å². The van der Waals surface area contributed by atoms with Gasteiger partial charge in [0.05, 0.1) is 0 Å². The van der Waals surface area contributed by atoms with E-state index in [0.717, 1.165) is 0 Å². The van der Waals surface area contributed by atoms with Gasteiger partial charge in [-0.05, 0) is 30.1 Å². The molecule has 13 heavy (non-hydrogen) atoms. The highest BCUT2D eigenvalue weighted by molar-refractivity contribution is 4.87. The first-order valence-corrected chi connectivity index (χ1v) is 5.93. The Kier molecular flexibility index (Phi) is 5.02. The molecule has 0 unspecified atom stereocenters. The van der Waals surface area contributed by atoms with E-state index in [0.29, 0.717) is 10.8 Å². The fourth-order valence-corrected chi connectivity index (χ4v) is 2.55. The monoisotopic (exact) mass is 184 g/mol. The summed E-state index contributed by atoms with van der Waals surface area (Å²) in [5.74, 6) is 0. The third kappa shape index (κ3) is 3.00. The SMILES string of the molecule is CCCCC(CC)(CC)C(C)(C)C. The topological polar surface area (TPSA) is 0 Å². The van der Waals surface area contributed by atoms with Crippen LogP contribution in [0.25, 0.3) is 0 Å². The molecule has 0 aromatic heterocycles. The average Bonchev–Trinajstić information content (AvgIpc) is 2.05. The molecule has 0 rings (SSSR count). The molecule has 0 bridgehead atoms. The zero-order valence-corrected chi connectivity index (χ0v) is 10.5. The van der Waals surface area contributed by atoms with E-state index in [1.54, 1.807) is 0 Å². The van der Waals surface area contributed by atoms with Crippen LogP contribution in [-0.4, -0.2) is 0 Å². The Morgan fingerprint density at radius 1 is 0.846 bits per heavy atom. The number of hydrogen-bond acceptors (Lipinski definition) is 0. The zero-order chi connectivity index (χ0) is 10.5. The van der Waals surface area contributed by atoms with Crippen molar-refractivity contribution in [3.63, 3.8) is 0 Å². The Hall–Kier alpha value is 0. The molecule has 0 fully saturated rings. The van der Waals surface area contributed by atoms with Crippen molar-refractivity contribution in [2.24, 2.45) is 10.8 Å². The molecule has 0 heteroatoms. The molecule has 0 N–H and O–H groups in total. The first kappa shape index (κ1) is 13.0. The maximum Gasteiger partial charge on any atom is -0.0254 e. The lowest BCUT2D eigenvalue weighted by molar-refractivity contribution is 0.0608. The van der Waals surface area contributed by atoms with Crippen LogP contribution in [0.4, 0.5) is 0 Å². The Bertz CT molecular complexity index is 123. The van der Waals surface area contributed by atoms with Crippen LogP contribution >= 0.6 is 0 Å². The van der Waals surface area contributed by atoms with Crippen molar-refractivity contribution in [2.45, 2.75) is 73.6 Å². The summed E-state index contributed by atoms with van der Waals surface area (Å²) in [4.78, 5) is 0. The molecule has 0 heterocycles. The Balaban J connectivity index is 4.50. The van der Waals surface area contributed by atoms with Gasteiger partial charge < -0.3 is 0 Å². The third-order valence-electron chi connectivity index (χ3n) is 3.95. The molecule has 0 amide bonds. The van der Waals surface area contributed by atoms with Crippen molar-refractivity contribution >= 4 is 0 Å². The van der Waals surface area contributed by atoms with Gasteiger partial charge in [-0.25, -0.2) is 0 Å². The Morgan fingerprint density at radius 3 is 1.54 bits per heavy atom. The van der Waals surface area contributed by atoms with Gasteiger partial charge in [-0.15, -0.1) is 0 Å². The molecule has 0 saturated heterocycles. The van der Waals surface area contributed by atoms with Crippen molar-refractivity contribution in [3.8, 4) is 0 Å². The van der Waals surface area contributed by atoms with Gasteiger partial charge in [-0.1, -0.05) is 54.4 Å². The van der Waals surface area contributed by atoms with E-state index in [1.807, 2.05) is 0 Å². The Labute approximate surface area is 85.1 Å². The summed E-state index contributed by atoms with van der Waals surface area (Å²) >= 11 is 0. The molecule has 0 aliphatic rings. The van der Waals surface area contributed by atoms with Crippen molar-refractivity contribution in [1.82, 2.24) is 0 Å². The highest BCUT2D eigenvalue weighted by Gasteiger charge is 2.37. The lowest BCUT2D eigenvalue weighted by atomic mass is 9.61. The van der Waals surface area contributed by atoms with E-state index < -0.39 is 0 Å². The van der Waals surface area contributed by atoms with E-state index in [9.17, 15) is 0 Å². The van der Waals surface area contributed by atoms with Crippen molar-refractivity contribution in [2.75, 3.05) is 0 Å². The molecule has 0 aliphatic carbocycles. The minimum atomic E-state index is 0.464. The van der Waals surface area contributed by atoms with Crippen molar-refractivity contribution < 1.29 is 0 Å². The smallest absolute Gasteiger partial charge is 0.0254 e. The molecular weight excluding hydrogens is 156 g/mol. The van der Waals surface area contributed by atoms with Crippen LogP contribution in [0.5, 0.6) is 0 Å². The quantitative estimate of drug-likeness (QED) is 0.562. The predicted octanol–water partition coefficient (Wildman–Crippen LogP) is 5.03. The molecular formula is C13H28. The minimum absolute atomic E-state index is 0.464. The fraction of sp³-hybridized carbons (Fsp3) is 1.00. The number of hydrogen-bond donors (Lipinski definition) is 0. The van der Waals surface area contributed by atoms with E-state index in [1.165, 1.54) is 32.1 Å². The predicted molar refractivity (Wildman–Crippen MR) is 62.0 cm³/mol. The average molecular weight is 184 g/mol. The largest absolute Gasteiger partial charge is 0.0654 e. The number of rotatable bonds is 5. The zero-order valence-electron chi connectivity index (χ0n) is 10.5. The summed E-state index contributed by atoms with van der Waals surface area (Å²) in [5.41, 5.74) is 1.04. The first-order chi connectivity index (χ1) is 5.93. The summed E-state index contributed by atoms with van der Waals surface area (Å²) < 4.78 is 0. The molecule has 0 atom stereocenters. The fourth-order valence-electron chi connectivity index (χ4n) is 2.55. The van der Waals surface area contributed by atoms with Gasteiger partial charge >= 0.3 is 0 Å². The van der Waals surface area contributed by atoms with Gasteiger partial charge in [0, 0.05) is 0 Å². The highest BCUT2D eigenvalue weighted by Crippen LogP contribution is 2.48. The van der Waals surface area contributed by atoms with Crippen LogP contribution < -0.4 is 0 Å². The van der Waals surface area contributed by atoms with Crippen LogP contribution in [-0.2, 0) is 0 Å². The minimum Gasteiger partial charge on any atom is -0.0654 e. The summed E-state index contributed by atoms with van der Waals surface area (Å²) in [6, 6.07) is 0. The van der Waals surface area contributed by atoms with Crippen LogP contribution in [0, 0.1) is 10.8 Å². The van der Waals surface area contributed by atoms with Crippen molar-refractivity contribution in [1.29, 1.82) is 0 Å². The molecule has 0 aliphatic heterocycles. The van der Waals surface area contributed by atoms with Gasteiger partial charge in [0.2, 0.25) is 0 Å². The molecule has 0 saturated carbocycles. The second-order valence-corrected chi connectivity index (χ2v) is 5.34. The van der Waals surface area contributed by atoms with E-state index >= 15 is 0 Å². The van der Waals surface area contributed by atoms with E-state index in [4.69, 9.17) is 0 Å². The van der Waals surface area contributed by atoms with Crippen LogP contribution in [0.15, 0.2) is 0 Å². The van der Waals surface area contributed by atoms with Gasteiger partial charge in [0.15, 0.2) is 0 Å². The Morgan fingerprint density at radius 2 is 1.31 bits per heavy atom. The standard InChI is InChI=1S/C13H28/c1-7-10-11-13(8-2,9-3)12(4,5)6/h7-11H2,1-6H3. The summed E-state index contributed by atoms with van der Waals surface area (Å²) in [7, 11) is 0. The van der Waals surface area contributed by atoms with Gasteiger partial charge in [0.25, 0.3) is 0 Å². The van der Waals surface area contributed by atoms with Gasteiger partial charge in [0.1, 0.15) is 0 Å². The maximum atomic E-state index is 2.40. The molecule has 80 valence electrons. The van der Waals surface area contributed by atoms with Crippen LogP contribution in [0.2, 0.25) is 0 Å². The van der Waals surface area contributed by atoms with E-state index in [-0.39, 0.29) is 0 Å². The van der Waals surface area contributed by atoms with Crippen LogP contribution in [0.3, 0.4) is 0 Å². The molecule has 0 nitrogen and oxygen atoms in total. The lowest BCUT2D eigenvalue weighted by Crippen LogP contribution is -2.34. The summed E-state index contributed by atoms with van der Waals surface area (Å²) in [6.07, 6.45) is 6.77.